The van der Waals surface area contributed by atoms with Gasteiger partial charge in [-0.3, -0.25) is 0 Å². The monoisotopic (exact) mass is 143 g/mol. The second-order valence-electron chi connectivity index (χ2n) is 1.23. The van der Waals surface area contributed by atoms with E-state index in [1.165, 1.54) is 0 Å². The summed E-state index contributed by atoms with van der Waals surface area (Å²) in [7, 11) is 0. The third kappa shape index (κ3) is 3.22. The Morgan fingerprint density at radius 3 is 2.78 bits per heavy atom. The van der Waals surface area contributed by atoms with Crippen molar-refractivity contribution in [2.24, 2.45) is 4.99 Å². The SMILES string of the molecule is [CH-]=Nc1[c-]cccn1.[K+]. The normalized spacial score (nSPS) is 7.56. The van der Waals surface area contributed by atoms with Crippen molar-refractivity contribution in [1.82, 2.24) is 4.98 Å². The molecule has 0 fully saturated rings. The molecule has 2 nitrogen and oxygen atoms in total. The summed E-state index contributed by atoms with van der Waals surface area (Å²) in [5.41, 5.74) is 0. The molecule has 0 aromatic carbocycles. The van der Waals surface area contributed by atoms with Gasteiger partial charge in [-0.2, -0.15) is 12.8 Å². The molecule has 0 aliphatic rings. The number of hydrogen-bond acceptors (Lipinski definition) is 2. The molecular weight excluding hydrogens is 139 g/mol. The van der Waals surface area contributed by atoms with E-state index in [-0.39, 0.29) is 51.4 Å². The van der Waals surface area contributed by atoms with Crippen molar-refractivity contribution in [2.45, 2.75) is 0 Å². The first-order chi connectivity index (χ1) is 3.93. The van der Waals surface area contributed by atoms with E-state index in [0.29, 0.717) is 5.82 Å². The van der Waals surface area contributed by atoms with Crippen LogP contribution >= 0.6 is 0 Å². The second kappa shape index (κ2) is 5.26. The van der Waals surface area contributed by atoms with Crippen molar-refractivity contribution in [1.29, 1.82) is 0 Å². The molecule has 0 spiro atoms. The van der Waals surface area contributed by atoms with Gasteiger partial charge in [-0.25, -0.2) is 6.07 Å². The Balaban J connectivity index is 0.000000640. The van der Waals surface area contributed by atoms with Crippen LogP contribution in [-0.4, -0.2) is 11.7 Å². The quantitative estimate of drug-likeness (QED) is 0.256. The predicted octanol–water partition coefficient (Wildman–Crippen LogP) is -1.91. The number of hydrogen-bond donors (Lipinski definition) is 0. The average Bonchev–Trinajstić information content (AvgIpc) is 1.90. The minimum atomic E-state index is 0. The average molecular weight is 143 g/mol. The maximum atomic E-state index is 4.88. The van der Waals surface area contributed by atoms with E-state index >= 15 is 0 Å². The standard InChI is InChI=1S/C6H4N2.K/c1-7-6-4-2-3-5-8-6;/h1-3,5H;/q-2;+1. The third-order valence-corrected chi connectivity index (χ3v) is 0.714. The maximum Gasteiger partial charge on any atom is 1.00 e. The fourth-order valence-corrected chi connectivity index (χ4v) is 0.387. The van der Waals surface area contributed by atoms with Crippen LogP contribution in [0, 0.1) is 6.07 Å². The smallest absolute Gasteiger partial charge is 0.461 e. The van der Waals surface area contributed by atoms with E-state index in [1.807, 2.05) is 0 Å². The molecule has 0 unspecified atom stereocenters. The molecule has 0 amide bonds. The number of aliphatic imine (C=N–C) groups is 1. The van der Waals surface area contributed by atoms with Crippen LogP contribution in [0.25, 0.3) is 0 Å². The first-order valence-electron chi connectivity index (χ1n) is 2.17. The molecule has 1 aromatic rings. The molecular formula is C6H4KN2-. The van der Waals surface area contributed by atoms with E-state index in [2.05, 4.69) is 16.0 Å². The van der Waals surface area contributed by atoms with Gasteiger partial charge in [0.05, 0.1) is 0 Å². The molecule has 0 bridgehead atoms. The van der Waals surface area contributed by atoms with E-state index in [4.69, 9.17) is 6.72 Å². The summed E-state index contributed by atoms with van der Waals surface area (Å²) in [4.78, 5) is 7.05. The molecule has 1 heterocycles. The Morgan fingerprint density at radius 1 is 1.67 bits per heavy atom. The molecule has 0 saturated heterocycles. The molecule has 0 N–H and O–H groups in total. The molecule has 1 aromatic heterocycles. The molecule has 9 heavy (non-hydrogen) atoms. The van der Waals surface area contributed by atoms with Crippen LogP contribution in [0.2, 0.25) is 0 Å². The van der Waals surface area contributed by atoms with Gasteiger partial charge in [0.1, 0.15) is 0 Å². The molecule has 40 valence electrons. The topological polar surface area (TPSA) is 25.2 Å². The number of aromatic nitrogens is 1. The van der Waals surface area contributed by atoms with E-state index in [1.54, 1.807) is 18.3 Å². The summed E-state index contributed by atoms with van der Waals surface area (Å²) in [5.74, 6) is 0.438. The zero-order valence-corrected chi connectivity index (χ0v) is 8.33. The summed E-state index contributed by atoms with van der Waals surface area (Å²) in [5, 5.41) is 0. The first kappa shape index (κ1) is 9.46. The molecule has 0 saturated carbocycles. The summed E-state index contributed by atoms with van der Waals surface area (Å²) in [6.07, 6.45) is 1.61. The van der Waals surface area contributed by atoms with Gasteiger partial charge in [0, 0.05) is 0 Å². The zero-order chi connectivity index (χ0) is 5.82. The predicted molar refractivity (Wildman–Crippen MR) is 31.2 cm³/mol. The summed E-state index contributed by atoms with van der Waals surface area (Å²) >= 11 is 0. The molecule has 0 radical (unpaired) electrons. The van der Waals surface area contributed by atoms with Gasteiger partial charge in [-0.05, 0) is 0 Å². The second-order valence-corrected chi connectivity index (χ2v) is 1.23. The van der Waals surface area contributed by atoms with E-state index in [9.17, 15) is 0 Å². The first-order valence-corrected chi connectivity index (χ1v) is 2.17. The molecule has 0 aliphatic carbocycles. The summed E-state index contributed by atoms with van der Waals surface area (Å²) in [6, 6.07) is 6.18. The Kier molecular flexibility index (Phi) is 5.52. The van der Waals surface area contributed by atoms with Gasteiger partial charge in [0.2, 0.25) is 0 Å². The van der Waals surface area contributed by atoms with Crippen molar-refractivity contribution in [2.75, 3.05) is 0 Å². The Labute approximate surface area is 96.8 Å². The summed E-state index contributed by atoms with van der Waals surface area (Å²) < 4.78 is 0. The largest absolute Gasteiger partial charge is 1.00 e. The van der Waals surface area contributed by atoms with E-state index in [0.717, 1.165) is 0 Å². The van der Waals surface area contributed by atoms with Crippen molar-refractivity contribution in [3.8, 4) is 0 Å². The van der Waals surface area contributed by atoms with Gasteiger partial charge >= 0.3 is 51.4 Å². The van der Waals surface area contributed by atoms with Gasteiger partial charge in [-0.15, -0.1) is 5.82 Å². The van der Waals surface area contributed by atoms with Crippen LogP contribution in [0.15, 0.2) is 23.3 Å². The number of pyridine rings is 1. The Bertz CT molecular complexity index is 174. The van der Waals surface area contributed by atoms with Crippen LogP contribution < -0.4 is 51.4 Å². The summed E-state index contributed by atoms with van der Waals surface area (Å²) in [6.45, 7) is 4.88. The van der Waals surface area contributed by atoms with Gasteiger partial charge in [-0.1, -0.05) is 6.20 Å². The zero-order valence-electron chi connectivity index (χ0n) is 5.20. The molecule has 1 rings (SSSR count). The van der Waals surface area contributed by atoms with Gasteiger partial charge in [0.25, 0.3) is 0 Å². The van der Waals surface area contributed by atoms with Gasteiger partial charge in [0.15, 0.2) is 0 Å². The van der Waals surface area contributed by atoms with Crippen LogP contribution in [0.4, 0.5) is 5.82 Å². The van der Waals surface area contributed by atoms with Crippen molar-refractivity contribution < 1.29 is 51.4 Å². The minimum Gasteiger partial charge on any atom is -0.461 e. The van der Waals surface area contributed by atoms with Gasteiger partial charge < -0.3 is 16.0 Å². The van der Waals surface area contributed by atoms with Crippen LogP contribution in [0.1, 0.15) is 0 Å². The Hall–Kier alpha value is 0.456. The van der Waals surface area contributed by atoms with Crippen molar-refractivity contribution >= 4 is 12.5 Å². The molecule has 3 heteroatoms. The third-order valence-electron chi connectivity index (χ3n) is 0.714. The van der Waals surface area contributed by atoms with E-state index < -0.39 is 0 Å². The molecule has 0 atom stereocenters. The fraction of sp³-hybridized carbons (Fsp3) is 0. The van der Waals surface area contributed by atoms with Crippen LogP contribution in [-0.2, 0) is 0 Å². The van der Waals surface area contributed by atoms with Crippen LogP contribution in [0.3, 0.4) is 0 Å². The maximum absolute atomic E-state index is 4.88. The van der Waals surface area contributed by atoms with Crippen molar-refractivity contribution in [3.05, 3.63) is 24.4 Å². The van der Waals surface area contributed by atoms with Crippen LogP contribution in [0.5, 0.6) is 0 Å². The number of rotatable bonds is 1. The number of nitrogens with zero attached hydrogens (tertiary/aromatic N) is 2. The fourth-order valence-electron chi connectivity index (χ4n) is 0.387. The minimum absolute atomic E-state index is 0. The Morgan fingerprint density at radius 2 is 2.44 bits per heavy atom. The molecule has 0 aliphatic heterocycles. The van der Waals surface area contributed by atoms with Crippen molar-refractivity contribution in [3.63, 3.8) is 0 Å².